The minimum atomic E-state index is -1.16. The second-order valence-corrected chi connectivity index (χ2v) is 2.09. The molecule has 0 saturated heterocycles. The molecule has 0 aliphatic heterocycles. The van der Waals surface area contributed by atoms with Crippen molar-refractivity contribution >= 4 is 18.2 Å². The lowest BCUT2D eigenvalue weighted by Gasteiger charge is -2.01. The topological polar surface area (TPSA) is 91.7 Å². The zero-order chi connectivity index (χ0) is 8.85. The molecule has 62 valence electrons. The predicted molar refractivity (Wildman–Crippen MR) is 34.1 cm³/mol. The first-order chi connectivity index (χ1) is 5.06. The van der Waals surface area contributed by atoms with E-state index in [1.54, 1.807) is 0 Å². The van der Waals surface area contributed by atoms with Crippen LogP contribution in [0.5, 0.6) is 0 Å². The van der Waals surface area contributed by atoms with Crippen molar-refractivity contribution in [2.24, 2.45) is 5.92 Å². The van der Waals surface area contributed by atoms with Crippen LogP contribution in [0.3, 0.4) is 0 Å². The average molecular weight is 160 g/mol. The lowest BCUT2D eigenvalue weighted by molar-refractivity contribution is -0.142. The first-order valence-electron chi connectivity index (χ1n) is 2.95. The zero-order valence-corrected chi connectivity index (χ0v) is 5.69. The van der Waals surface area contributed by atoms with E-state index >= 15 is 0 Å². The molecule has 5 heteroatoms. The Balaban J connectivity index is 3.85. The third kappa shape index (κ3) is 5.07. The molecule has 0 atom stereocenters. The number of aldehydes is 1. The molecule has 0 aromatic carbocycles. The van der Waals surface area contributed by atoms with E-state index in [0.717, 1.165) is 0 Å². The summed E-state index contributed by atoms with van der Waals surface area (Å²) in [4.78, 5) is 30.0. The predicted octanol–water partition coefficient (Wildman–Crippen LogP) is -0.249. The van der Waals surface area contributed by atoms with Gasteiger partial charge in [-0.3, -0.25) is 9.59 Å². The summed E-state index contributed by atoms with van der Waals surface area (Å²) in [5.74, 6) is -3.24. The van der Waals surface area contributed by atoms with Crippen molar-refractivity contribution < 1.29 is 24.6 Å². The molecule has 0 rings (SSSR count). The second-order valence-electron chi connectivity index (χ2n) is 2.09. The van der Waals surface area contributed by atoms with Crippen molar-refractivity contribution in [3.63, 3.8) is 0 Å². The summed E-state index contributed by atoms with van der Waals surface area (Å²) in [6.07, 6.45) is -0.492. The minimum absolute atomic E-state index is 0.349. The largest absolute Gasteiger partial charge is 0.481 e. The summed E-state index contributed by atoms with van der Waals surface area (Å²) in [5.41, 5.74) is 0. The van der Waals surface area contributed by atoms with Crippen LogP contribution in [-0.2, 0) is 14.4 Å². The van der Waals surface area contributed by atoms with Gasteiger partial charge in [0, 0.05) is 5.92 Å². The van der Waals surface area contributed by atoms with Gasteiger partial charge in [0.2, 0.25) is 0 Å². The monoisotopic (exact) mass is 160 g/mol. The van der Waals surface area contributed by atoms with E-state index in [-0.39, 0.29) is 0 Å². The Labute approximate surface area is 62.6 Å². The highest BCUT2D eigenvalue weighted by molar-refractivity contribution is 5.76. The van der Waals surface area contributed by atoms with Crippen LogP contribution in [0.25, 0.3) is 0 Å². The van der Waals surface area contributed by atoms with Gasteiger partial charge >= 0.3 is 11.9 Å². The van der Waals surface area contributed by atoms with Crippen molar-refractivity contribution in [1.29, 1.82) is 0 Å². The molecule has 0 unspecified atom stereocenters. The van der Waals surface area contributed by atoms with Crippen LogP contribution in [-0.4, -0.2) is 28.4 Å². The van der Waals surface area contributed by atoms with Gasteiger partial charge in [-0.2, -0.15) is 0 Å². The molecule has 0 saturated carbocycles. The zero-order valence-electron chi connectivity index (χ0n) is 5.69. The molecule has 0 aliphatic carbocycles. The summed E-state index contributed by atoms with van der Waals surface area (Å²) >= 11 is 0. The third-order valence-electron chi connectivity index (χ3n) is 1.07. The van der Waals surface area contributed by atoms with Crippen molar-refractivity contribution in [2.75, 3.05) is 0 Å². The maximum absolute atomic E-state index is 10.0. The van der Waals surface area contributed by atoms with E-state index in [1.165, 1.54) is 0 Å². The van der Waals surface area contributed by atoms with Crippen LogP contribution in [0.1, 0.15) is 12.8 Å². The number of carbonyl (C=O) groups excluding carboxylic acids is 1. The molecule has 0 fully saturated rings. The lowest BCUT2D eigenvalue weighted by Crippen LogP contribution is -2.13. The summed E-state index contributed by atoms with van der Waals surface area (Å²) in [7, 11) is 0. The lowest BCUT2D eigenvalue weighted by atomic mass is 10.0. The van der Waals surface area contributed by atoms with Crippen LogP contribution < -0.4 is 0 Å². The normalized spacial score (nSPS) is 9.55. The van der Waals surface area contributed by atoms with E-state index in [2.05, 4.69) is 0 Å². The fourth-order valence-corrected chi connectivity index (χ4v) is 0.617. The molecular formula is C6H8O5. The minimum Gasteiger partial charge on any atom is -0.481 e. The smallest absolute Gasteiger partial charge is 0.304 e. The molecule has 0 aliphatic rings. The Morgan fingerprint density at radius 2 is 1.55 bits per heavy atom. The molecule has 0 aromatic rings. The Bertz CT molecular complexity index is 158. The van der Waals surface area contributed by atoms with Crippen LogP contribution in [0.15, 0.2) is 0 Å². The number of carboxylic acid groups (broad SMARTS) is 2. The van der Waals surface area contributed by atoms with Gasteiger partial charge in [0.25, 0.3) is 0 Å². The number of carbonyl (C=O) groups is 3. The fourth-order valence-electron chi connectivity index (χ4n) is 0.617. The summed E-state index contributed by atoms with van der Waals surface area (Å²) in [6.45, 7) is 0. The second kappa shape index (κ2) is 4.43. The van der Waals surface area contributed by atoms with E-state index in [1.807, 2.05) is 0 Å². The quantitative estimate of drug-likeness (QED) is 0.541. The molecular weight excluding hydrogens is 152 g/mol. The van der Waals surface area contributed by atoms with Gasteiger partial charge in [-0.15, -0.1) is 0 Å². The highest BCUT2D eigenvalue weighted by Gasteiger charge is 2.15. The summed E-state index contributed by atoms with van der Waals surface area (Å²) < 4.78 is 0. The Kier molecular flexibility index (Phi) is 3.87. The Morgan fingerprint density at radius 1 is 1.18 bits per heavy atom. The van der Waals surface area contributed by atoms with Crippen LogP contribution in [0.2, 0.25) is 0 Å². The molecule has 0 amide bonds. The SMILES string of the molecule is O=CC(CC(=O)O)CC(=O)O. The van der Waals surface area contributed by atoms with Gasteiger partial charge in [-0.1, -0.05) is 0 Å². The maximum atomic E-state index is 10.0. The molecule has 2 N–H and O–H groups in total. The third-order valence-corrected chi connectivity index (χ3v) is 1.07. The van der Waals surface area contributed by atoms with Gasteiger partial charge in [0.1, 0.15) is 6.29 Å². The number of carboxylic acids is 2. The van der Waals surface area contributed by atoms with Gasteiger partial charge in [-0.25, -0.2) is 0 Å². The highest BCUT2D eigenvalue weighted by Crippen LogP contribution is 2.04. The van der Waals surface area contributed by atoms with Gasteiger partial charge in [-0.05, 0) is 0 Å². The molecule has 0 bridgehead atoms. The Morgan fingerprint density at radius 3 is 1.73 bits per heavy atom. The Hall–Kier alpha value is -1.39. The average Bonchev–Trinajstić information content (AvgIpc) is 1.84. The van der Waals surface area contributed by atoms with Gasteiger partial charge < -0.3 is 15.0 Å². The number of aliphatic carboxylic acids is 2. The highest BCUT2D eigenvalue weighted by atomic mass is 16.4. The van der Waals surface area contributed by atoms with Crippen LogP contribution in [0.4, 0.5) is 0 Å². The van der Waals surface area contributed by atoms with E-state index in [9.17, 15) is 14.4 Å². The van der Waals surface area contributed by atoms with E-state index in [0.29, 0.717) is 6.29 Å². The molecule has 0 spiro atoms. The number of rotatable bonds is 5. The van der Waals surface area contributed by atoms with Crippen molar-refractivity contribution in [3.8, 4) is 0 Å². The molecule has 5 nitrogen and oxygen atoms in total. The molecule has 0 aromatic heterocycles. The fraction of sp³-hybridized carbons (Fsp3) is 0.500. The standard InChI is InChI=1S/C6H8O5/c7-3-4(1-5(8)9)2-6(10)11/h3-4H,1-2H2,(H,8,9)(H,10,11). The van der Waals surface area contributed by atoms with Crippen molar-refractivity contribution in [3.05, 3.63) is 0 Å². The van der Waals surface area contributed by atoms with Crippen LogP contribution >= 0.6 is 0 Å². The first-order valence-corrected chi connectivity index (χ1v) is 2.95. The first kappa shape index (κ1) is 9.61. The van der Waals surface area contributed by atoms with Crippen molar-refractivity contribution in [1.82, 2.24) is 0 Å². The molecule has 0 heterocycles. The van der Waals surface area contributed by atoms with E-state index < -0.39 is 30.7 Å². The van der Waals surface area contributed by atoms with Crippen LogP contribution in [0, 0.1) is 5.92 Å². The molecule has 0 radical (unpaired) electrons. The molecule has 11 heavy (non-hydrogen) atoms. The van der Waals surface area contributed by atoms with E-state index in [4.69, 9.17) is 10.2 Å². The number of hydrogen-bond donors (Lipinski definition) is 2. The maximum Gasteiger partial charge on any atom is 0.304 e. The van der Waals surface area contributed by atoms with Gasteiger partial charge in [0.15, 0.2) is 0 Å². The van der Waals surface area contributed by atoms with Gasteiger partial charge in [0.05, 0.1) is 12.8 Å². The number of hydrogen-bond acceptors (Lipinski definition) is 3. The summed E-state index contributed by atoms with van der Waals surface area (Å²) in [5, 5.41) is 16.4. The summed E-state index contributed by atoms with van der Waals surface area (Å²) in [6, 6.07) is 0. The van der Waals surface area contributed by atoms with Crippen molar-refractivity contribution in [2.45, 2.75) is 12.8 Å².